The molecule has 4 heteroatoms. The van der Waals surface area contributed by atoms with Gasteiger partial charge in [0.25, 0.3) is 0 Å². The summed E-state index contributed by atoms with van der Waals surface area (Å²) in [6.45, 7) is 0. The molecule has 14 rings (SSSR count). The van der Waals surface area contributed by atoms with Crippen molar-refractivity contribution in [1.29, 1.82) is 0 Å². The summed E-state index contributed by atoms with van der Waals surface area (Å²) in [5.41, 5.74) is 14.4. The maximum absolute atomic E-state index is 2.52. The van der Waals surface area contributed by atoms with E-state index >= 15 is 0 Å². The Labute approximate surface area is 372 Å². The van der Waals surface area contributed by atoms with Crippen molar-refractivity contribution in [3.05, 3.63) is 241 Å². The molecule has 2 aliphatic rings. The summed E-state index contributed by atoms with van der Waals surface area (Å²) < 4.78 is 4.98. The molecule has 0 bridgehead atoms. The third-order valence-corrected chi connectivity index (χ3v) is 15.9. The van der Waals surface area contributed by atoms with E-state index in [1.54, 1.807) is 0 Å². The summed E-state index contributed by atoms with van der Waals surface area (Å²) in [5.74, 6) is 0. The van der Waals surface area contributed by atoms with Crippen LogP contribution in [0.15, 0.2) is 228 Å². The number of thiophene rings is 1. The quantitative estimate of drug-likeness (QED) is 0.174. The summed E-state index contributed by atoms with van der Waals surface area (Å²) in [4.78, 5) is 5.08. The van der Waals surface area contributed by atoms with Gasteiger partial charge in [-0.1, -0.05) is 157 Å². The van der Waals surface area contributed by atoms with Crippen molar-refractivity contribution in [3.8, 4) is 16.8 Å². The maximum atomic E-state index is 2.52. The Balaban J connectivity index is 1.06. The van der Waals surface area contributed by atoms with E-state index < -0.39 is 5.41 Å². The predicted molar refractivity (Wildman–Crippen MR) is 267 cm³/mol. The summed E-state index contributed by atoms with van der Waals surface area (Å²) in [5, 5.41) is 7.65. The smallest absolute Gasteiger partial charge is 0.0735 e. The second-order valence-electron chi connectivity index (χ2n) is 16.8. The van der Waals surface area contributed by atoms with E-state index in [9.17, 15) is 0 Å². The van der Waals surface area contributed by atoms with Gasteiger partial charge in [-0.25, -0.2) is 0 Å². The van der Waals surface area contributed by atoms with Crippen LogP contribution in [0.5, 0.6) is 0 Å². The normalized spacial score (nSPS) is 15.0. The fraction of sp³-hybridized carbons (Fsp3) is 0.0169. The molecule has 294 valence electrons. The van der Waals surface area contributed by atoms with Crippen molar-refractivity contribution in [2.75, 3.05) is 4.90 Å². The Bertz CT molecular complexity index is 3850. The highest BCUT2D eigenvalue weighted by Crippen LogP contribution is 2.62. The number of hydrogen-bond donors (Lipinski definition) is 0. The van der Waals surface area contributed by atoms with Gasteiger partial charge < -0.3 is 9.47 Å². The van der Waals surface area contributed by atoms with E-state index in [0.717, 1.165) is 17.1 Å². The SMILES string of the molecule is c1ccc(-n2c3ccccc3c3cc(N(c4ccc5c(c4)Sc4ccccc4C54c5ccccc5-c5cccc6cccc4c56)c4cccc5sc6ccccc6c45)ccc32)cc1. The van der Waals surface area contributed by atoms with Crippen LogP contribution in [0.2, 0.25) is 0 Å². The van der Waals surface area contributed by atoms with E-state index in [1.807, 2.05) is 23.1 Å². The van der Waals surface area contributed by atoms with Crippen LogP contribution in [0, 0.1) is 0 Å². The predicted octanol–water partition coefficient (Wildman–Crippen LogP) is 16.6. The maximum Gasteiger partial charge on any atom is 0.0735 e. The Hall–Kier alpha value is -7.37. The number of anilines is 3. The molecular weight excluding hydrogens is 801 g/mol. The van der Waals surface area contributed by atoms with Crippen LogP contribution in [-0.2, 0) is 5.41 Å². The number of rotatable bonds is 4. The molecule has 63 heavy (non-hydrogen) atoms. The minimum Gasteiger partial charge on any atom is -0.310 e. The highest BCUT2D eigenvalue weighted by atomic mass is 32.2. The lowest BCUT2D eigenvalue weighted by molar-refractivity contribution is 0.707. The molecule has 1 atom stereocenters. The Morgan fingerprint density at radius 1 is 0.397 bits per heavy atom. The monoisotopic (exact) mass is 836 g/mol. The van der Waals surface area contributed by atoms with Crippen LogP contribution in [0.25, 0.3) is 69.6 Å². The van der Waals surface area contributed by atoms with Gasteiger partial charge in [-0.2, -0.15) is 0 Å². The summed E-state index contributed by atoms with van der Waals surface area (Å²) in [6.07, 6.45) is 0. The van der Waals surface area contributed by atoms with Gasteiger partial charge in [-0.15, -0.1) is 11.3 Å². The first kappa shape index (κ1) is 35.2. The number of para-hydroxylation sites is 2. The summed E-state index contributed by atoms with van der Waals surface area (Å²) >= 11 is 3.77. The molecule has 0 saturated heterocycles. The standard InChI is InChI=1S/C59H36N2S2/c1-2-17-38(18-3-1)61-50-26-9-5-20-42(50)45-35-39(32-34-51(45)61)60(52-27-14-30-55-58(52)44-21-6-10-28-53(44)62-55)40-31-33-48-56(36-40)63-54-29-11-8-24-47(54)59(48)46-23-7-4-19-41(46)43-22-12-15-37-16-13-25-49(59)57(37)43/h1-36H. The molecule has 0 fully saturated rings. The molecule has 0 saturated carbocycles. The topological polar surface area (TPSA) is 8.17 Å². The van der Waals surface area contributed by atoms with Crippen LogP contribution >= 0.6 is 23.1 Å². The highest BCUT2D eigenvalue weighted by molar-refractivity contribution is 7.99. The van der Waals surface area contributed by atoms with E-state index in [4.69, 9.17) is 0 Å². The van der Waals surface area contributed by atoms with E-state index in [2.05, 4.69) is 228 Å². The minimum atomic E-state index is -0.507. The molecule has 0 radical (unpaired) electrons. The largest absolute Gasteiger partial charge is 0.310 e. The molecule has 2 aromatic heterocycles. The minimum absolute atomic E-state index is 0.507. The van der Waals surface area contributed by atoms with Gasteiger partial charge in [-0.3, -0.25) is 0 Å². The number of nitrogens with zero attached hydrogens (tertiary/aromatic N) is 2. The van der Waals surface area contributed by atoms with E-state index in [-0.39, 0.29) is 0 Å². The lowest BCUT2D eigenvalue weighted by Crippen LogP contribution is -2.36. The third-order valence-electron chi connectivity index (χ3n) is 13.6. The van der Waals surface area contributed by atoms with Gasteiger partial charge >= 0.3 is 0 Å². The molecular formula is C59H36N2S2. The van der Waals surface area contributed by atoms with Crippen LogP contribution in [0.4, 0.5) is 17.1 Å². The number of aromatic nitrogens is 1. The highest BCUT2D eigenvalue weighted by Gasteiger charge is 2.48. The van der Waals surface area contributed by atoms with Crippen molar-refractivity contribution in [2.45, 2.75) is 15.2 Å². The van der Waals surface area contributed by atoms with Gasteiger partial charge in [-0.05, 0) is 117 Å². The Morgan fingerprint density at radius 3 is 1.97 bits per heavy atom. The zero-order chi connectivity index (χ0) is 41.2. The van der Waals surface area contributed by atoms with Gasteiger partial charge in [0.2, 0.25) is 0 Å². The molecule has 1 unspecified atom stereocenters. The zero-order valence-corrected chi connectivity index (χ0v) is 35.6. The van der Waals surface area contributed by atoms with Crippen LogP contribution < -0.4 is 4.90 Å². The van der Waals surface area contributed by atoms with Crippen molar-refractivity contribution in [3.63, 3.8) is 0 Å². The van der Waals surface area contributed by atoms with Gasteiger partial charge in [0.05, 0.1) is 22.1 Å². The number of hydrogen-bond acceptors (Lipinski definition) is 3. The van der Waals surface area contributed by atoms with Crippen LogP contribution in [0.3, 0.4) is 0 Å². The molecule has 0 amide bonds. The Kier molecular flexibility index (Phi) is 7.45. The van der Waals surface area contributed by atoms with E-state index in [1.165, 1.54) is 102 Å². The van der Waals surface area contributed by atoms with Crippen molar-refractivity contribution in [2.24, 2.45) is 0 Å². The van der Waals surface area contributed by atoms with Gasteiger partial charge in [0, 0.05) is 57.8 Å². The summed E-state index contributed by atoms with van der Waals surface area (Å²) in [7, 11) is 0. The molecule has 12 aromatic rings. The van der Waals surface area contributed by atoms with Gasteiger partial charge in [0.1, 0.15) is 0 Å². The van der Waals surface area contributed by atoms with Crippen molar-refractivity contribution < 1.29 is 0 Å². The van der Waals surface area contributed by atoms with Crippen LogP contribution in [0.1, 0.15) is 22.3 Å². The zero-order valence-electron chi connectivity index (χ0n) is 34.0. The molecule has 2 nitrogen and oxygen atoms in total. The second-order valence-corrected chi connectivity index (χ2v) is 18.9. The average molecular weight is 837 g/mol. The second kappa shape index (κ2) is 13.3. The van der Waals surface area contributed by atoms with Crippen LogP contribution in [-0.4, -0.2) is 4.57 Å². The lowest BCUT2D eigenvalue weighted by Gasteiger charge is -2.46. The first-order chi connectivity index (χ1) is 31.3. The molecule has 3 heterocycles. The Morgan fingerprint density at radius 2 is 1.05 bits per heavy atom. The number of fused-ring (bicyclic) bond motifs is 14. The molecule has 1 aliphatic heterocycles. The van der Waals surface area contributed by atoms with Gasteiger partial charge in [0.15, 0.2) is 0 Å². The van der Waals surface area contributed by atoms with E-state index in [0.29, 0.717) is 0 Å². The van der Waals surface area contributed by atoms with Crippen molar-refractivity contribution >= 4 is 92.9 Å². The molecule has 1 aliphatic carbocycles. The fourth-order valence-electron chi connectivity index (χ4n) is 11.1. The molecule has 10 aromatic carbocycles. The first-order valence-electron chi connectivity index (χ1n) is 21.6. The average Bonchev–Trinajstić information content (AvgIpc) is 3.89. The summed E-state index contributed by atoms with van der Waals surface area (Å²) in [6, 6.07) is 81.7. The number of benzene rings is 10. The lowest BCUT2D eigenvalue weighted by atomic mass is 9.59. The first-order valence-corrected chi connectivity index (χ1v) is 23.2. The van der Waals surface area contributed by atoms with Crippen molar-refractivity contribution in [1.82, 2.24) is 4.57 Å². The molecule has 1 spiro atoms. The fourth-order valence-corrected chi connectivity index (χ4v) is 13.5. The molecule has 0 N–H and O–H groups in total. The third kappa shape index (κ3) is 4.85.